The van der Waals surface area contributed by atoms with Crippen LogP contribution >= 0.6 is 23.4 Å². The van der Waals surface area contributed by atoms with Crippen molar-refractivity contribution in [2.24, 2.45) is 0 Å². The molecule has 0 spiro atoms. The minimum absolute atomic E-state index is 0.00106. The molecule has 6 heteroatoms. The predicted octanol–water partition coefficient (Wildman–Crippen LogP) is 4.52. The first kappa shape index (κ1) is 19.5. The van der Waals surface area contributed by atoms with Crippen LogP contribution in [0.3, 0.4) is 0 Å². The second kappa shape index (κ2) is 9.02. The Morgan fingerprint density at radius 3 is 2.48 bits per heavy atom. The summed E-state index contributed by atoms with van der Waals surface area (Å²) < 4.78 is 13.2. The summed E-state index contributed by atoms with van der Waals surface area (Å²) in [5, 5.41) is 2.47. The number of benzene rings is 2. The Morgan fingerprint density at radius 2 is 1.88 bits per heavy atom. The Kier molecular flexibility index (Phi) is 7.02. The number of thioether (sulfide) groups is 1. The summed E-state index contributed by atoms with van der Waals surface area (Å²) in [5.74, 6) is -0.530. The summed E-state index contributed by atoms with van der Waals surface area (Å²) in [6, 6.07) is 11.8. The number of carbonyl (C=O) groups is 2. The van der Waals surface area contributed by atoms with Crippen molar-refractivity contribution in [2.75, 3.05) is 6.54 Å². The molecule has 25 heavy (non-hydrogen) atoms. The van der Waals surface area contributed by atoms with Crippen LogP contribution in [0, 0.1) is 5.82 Å². The number of rotatable bonds is 7. The van der Waals surface area contributed by atoms with Crippen LogP contribution in [-0.2, 0) is 11.2 Å². The van der Waals surface area contributed by atoms with Gasteiger partial charge >= 0.3 is 0 Å². The van der Waals surface area contributed by atoms with Crippen molar-refractivity contribution in [3.05, 3.63) is 64.4 Å². The fourth-order valence-electron chi connectivity index (χ4n) is 2.26. The summed E-state index contributed by atoms with van der Waals surface area (Å²) in [7, 11) is 0. The van der Waals surface area contributed by atoms with Crippen molar-refractivity contribution in [1.29, 1.82) is 0 Å². The Hall–Kier alpha value is -1.85. The molecule has 1 amide bonds. The normalized spacial score (nSPS) is 11.8. The molecule has 0 aliphatic rings. The van der Waals surface area contributed by atoms with Gasteiger partial charge in [0.25, 0.3) is 0 Å². The van der Waals surface area contributed by atoms with E-state index in [2.05, 4.69) is 5.32 Å². The fraction of sp³-hybridized carbons (Fsp3) is 0.263. The molecular weight excluding hydrogens is 361 g/mol. The van der Waals surface area contributed by atoms with Crippen molar-refractivity contribution < 1.29 is 14.0 Å². The predicted molar refractivity (Wildman–Crippen MR) is 99.9 cm³/mol. The second-order valence-corrected chi connectivity index (χ2v) is 7.45. The van der Waals surface area contributed by atoms with E-state index in [9.17, 15) is 14.0 Å². The van der Waals surface area contributed by atoms with Gasteiger partial charge < -0.3 is 5.32 Å². The van der Waals surface area contributed by atoms with Gasteiger partial charge in [-0.1, -0.05) is 35.9 Å². The Labute approximate surface area is 156 Å². The lowest BCUT2D eigenvalue weighted by molar-refractivity contribution is -0.118. The van der Waals surface area contributed by atoms with E-state index in [0.29, 0.717) is 18.5 Å². The van der Waals surface area contributed by atoms with Crippen LogP contribution < -0.4 is 5.32 Å². The highest BCUT2D eigenvalue weighted by atomic mass is 35.5. The van der Waals surface area contributed by atoms with Crippen molar-refractivity contribution in [2.45, 2.75) is 30.4 Å². The van der Waals surface area contributed by atoms with Gasteiger partial charge in [-0.3, -0.25) is 9.59 Å². The maximum atomic E-state index is 13.2. The SMILES string of the molecule is CC(=O)NCCc1ccc(C(=O)C(C)Sc2ccc(F)c(Cl)c2)cc1. The molecule has 0 aliphatic heterocycles. The minimum atomic E-state index is -0.472. The summed E-state index contributed by atoms with van der Waals surface area (Å²) in [6.45, 7) is 3.87. The highest BCUT2D eigenvalue weighted by Gasteiger charge is 2.17. The number of ketones is 1. The van der Waals surface area contributed by atoms with Gasteiger partial charge in [0.15, 0.2) is 5.78 Å². The van der Waals surface area contributed by atoms with Gasteiger partial charge in [-0.25, -0.2) is 4.39 Å². The molecule has 0 bridgehead atoms. The van der Waals surface area contributed by atoms with E-state index < -0.39 is 5.82 Å². The van der Waals surface area contributed by atoms with E-state index in [-0.39, 0.29) is 22.0 Å². The second-order valence-electron chi connectivity index (χ2n) is 5.63. The molecule has 0 saturated heterocycles. The molecule has 0 aliphatic carbocycles. The molecule has 2 aromatic rings. The summed E-state index contributed by atoms with van der Waals surface area (Å²) in [5.41, 5.74) is 1.67. The van der Waals surface area contributed by atoms with Crippen LogP contribution in [0.15, 0.2) is 47.4 Å². The number of halogens is 2. The molecule has 0 fully saturated rings. The van der Waals surface area contributed by atoms with Gasteiger partial charge in [-0.2, -0.15) is 0 Å². The molecule has 132 valence electrons. The standard InChI is InChI=1S/C19H19ClFNO2S/c1-12(25-16-7-8-18(21)17(20)11-16)19(24)15-5-3-14(4-6-15)9-10-22-13(2)23/h3-8,11-12H,9-10H2,1-2H3,(H,22,23). The van der Waals surface area contributed by atoms with E-state index in [4.69, 9.17) is 11.6 Å². The van der Waals surface area contributed by atoms with E-state index >= 15 is 0 Å². The number of hydrogen-bond acceptors (Lipinski definition) is 3. The van der Waals surface area contributed by atoms with E-state index in [0.717, 1.165) is 10.5 Å². The smallest absolute Gasteiger partial charge is 0.216 e. The van der Waals surface area contributed by atoms with E-state index in [1.54, 1.807) is 18.2 Å². The average molecular weight is 380 g/mol. The zero-order chi connectivity index (χ0) is 18.4. The zero-order valence-corrected chi connectivity index (χ0v) is 15.6. The minimum Gasteiger partial charge on any atom is -0.356 e. The fourth-order valence-corrected chi connectivity index (χ4v) is 3.49. The maximum Gasteiger partial charge on any atom is 0.216 e. The Balaban J connectivity index is 1.96. The highest BCUT2D eigenvalue weighted by molar-refractivity contribution is 8.00. The third-order valence-electron chi connectivity index (χ3n) is 3.60. The van der Waals surface area contributed by atoms with Crippen LogP contribution in [0.2, 0.25) is 5.02 Å². The van der Waals surface area contributed by atoms with Crippen LogP contribution in [0.25, 0.3) is 0 Å². The molecule has 2 aromatic carbocycles. The topological polar surface area (TPSA) is 46.2 Å². The van der Waals surface area contributed by atoms with E-state index in [1.165, 1.54) is 30.8 Å². The van der Waals surface area contributed by atoms with Gasteiger partial charge in [0.05, 0.1) is 10.3 Å². The zero-order valence-electron chi connectivity index (χ0n) is 14.0. The number of nitrogens with one attached hydrogen (secondary N) is 1. The summed E-state index contributed by atoms with van der Waals surface area (Å²) >= 11 is 7.12. The van der Waals surface area contributed by atoms with Crippen molar-refractivity contribution >= 4 is 35.1 Å². The van der Waals surface area contributed by atoms with Crippen LogP contribution in [0.5, 0.6) is 0 Å². The first-order valence-electron chi connectivity index (χ1n) is 7.86. The monoisotopic (exact) mass is 379 g/mol. The van der Waals surface area contributed by atoms with Gasteiger partial charge in [0.2, 0.25) is 5.91 Å². The van der Waals surface area contributed by atoms with Gasteiger partial charge in [0, 0.05) is 23.9 Å². The maximum absolute atomic E-state index is 13.2. The summed E-state index contributed by atoms with van der Waals surface area (Å²) in [6.07, 6.45) is 0.715. The average Bonchev–Trinajstić information content (AvgIpc) is 2.58. The van der Waals surface area contributed by atoms with Crippen molar-refractivity contribution in [3.63, 3.8) is 0 Å². The van der Waals surface area contributed by atoms with Gasteiger partial charge in [-0.15, -0.1) is 11.8 Å². The molecule has 1 N–H and O–H groups in total. The molecule has 0 aromatic heterocycles. The lowest BCUT2D eigenvalue weighted by Gasteiger charge is -2.11. The number of amides is 1. The quantitative estimate of drug-likeness (QED) is 0.568. The first-order valence-corrected chi connectivity index (χ1v) is 9.12. The number of carbonyl (C=O) groups excluding carboxylic acids is 2. The van der Waals surface area contributed by atoms with Crippen molar-refractivity contribution in [3.8, 4) is 0 Å². The third kappa shape index (κ3) is 5.87. The largest absolute Gasteiger partial charge is 0.356 e. The third-order valence-corrected chi connectivity index (χ3v) is 4.98. The van der Waals surface area contributed by atoms with Crippen molar-refractivity contribution in [1.82, 2.24) is 5.32 Å². The molecule has 1 unspecified atom stereocenters. The van der Waals surface area contributed by atoms with Crippen LogP contribution in [0.1, 0.15) is 29.8 Å². The molecule has 0 saturated carbocycles. The van der Waals surface area contributed by atoms with Crippen LogP contribution in [-0.4, -0.2) is 23.5 Å². The Bertz CT molecular complexity index is 765. The Morgan fingerprint density at radius 1 is 1.20 bits per heavy atom. The first-order chi connectivity index (χ1) is 11.9. The molecule has 0 radical (unpaired) electrons. The van der Waals surface area contributed by atoms with E-state index in [1.807, 2.05) is 19.1 Å². The number of Topliss-reactive ketones (excluding diaryl/α,β-unsaturated/α-hetero) is 1. The molecule has 0 heterocycles. The van der Waals surface area contributed by atoms with Gasteiger partial charge in [-0.05, 0) is 37.1 Å². The summed E-state index contributed by atoms with van der Waals surface area (Å²) in [4.78, 5) is 24.1. The van der Waals surface area contributed by atoms with Crippen LogP contribution in [0.4, 0.5) is 4.39 Å². The molecule has 1 atom stereocenters. The highest BCUT2D eigenvalue weighted by Crippen LogP contribution is 2.29. The lowest BCUT2D eigenvalue weighted by Crippen LogP contribution is -2.22. The molecular formula is C19H19ClFNO2S. The lowest BCUT2D eigenvalue weighted by atomic mass is 10.0. The van der Waals surface area contributed by atoms with Gasteiger partial charge in [0.1, 0.15) is 5.82 Å². The number of hydrogen-bond donors (Lipinski definition) is 1. The molecule has 2 rings (SSSR count). The molecule has 3 nitrogen and oxygen atoms in total.